The lowest BCUT2D eigenvalue weighted by atomic mass is 9.78. The van der Waals surface area contributed by atoms with E-state index < -0.39 is 8.32 Å². The summed E-state index contributed by atoms with van der Waals surface area (Å²) in [5, 5.41) is 9.42. The second kappa shape index (κ2) is 5.56. The lowest BCUT2D eigenvalue weighted by Gasteiger charge is -2.27. The highest BCUT2D eigenvalue weighted by Gasteiger charge is 2.23. The van der Waals surface area contributed by atoms with Gasteiger partial charge >= 0.3 is 0 Å². The molecule has 0 saturated heterocycles. The van der Waals surface area contributed by atoms with E-state index in [1.807, 2.05) is 12.1 Å². The topological polar surface area (TPSA) is 29.5 Å². The number of phenols is 1. The van der Waals surface area contributed by atoms with Gasteiger partial charge < -0.3 is 9.53 Å². The third-order valence-corrected chi connectivity index (χ3v) is 4.44. The molecule has 2 rings (SSSR count). The van der Waals surface area contributed by atoms with Gasteiger partial charge in [0.15, 0.2) is 0 Å². The van der Waals surface area contributed by atoms with Gasteiger partial charge in [-0.15, -0.1) is 0 Å². The Kier molecular flexibility index (Phi) is 4.15. The molecular weight excluding hydrogens is 276 g/mol. The zero-order chi connectivity index (χ0) is 15.7. The zero-order valence-corrected chi connectivity index (χ0v) is 14.5. The average Bonchev–Trinajstić information content (AvgIpc) is 2.38. The van der Waals surface area contributed by atoms with Gasteiger partial charge in [0.05, 0.1) is 0 Å². The van der Waals surface area contributed by atoms with Crippen LogP contribution in [0.1, 0.15) is 25.0 Å². The van der Waals surface area contributed by atoms with Gasteiger partial charge in [-0.3, -0.25) is 0 Å². The molecule has 0 atom stereocenters. The van der Waals surface area contributed by atoms with E-state index in [0.29, 0.717) is 5.75 Å². The first-order valence-corrected chi connectivity index (χ1v) is 10.7. The van der Waals surface area contributed by atoms with Crippen LogP contribution in [0.5, 0.6) is 11.5 Å². The van der Waals surface area contributed by atoms with Crippen molar-refractivity contribution < 1.29 is 9.53 Å². The molecule has 0 aliphatic heterocycles. The quantitative estimate of drug-likeness (QED) is 0.811. The van der Waals surface area contributed by atoms with Crippen LogP contribution in [0.2, 0.25) is 19.6 Å². The molecule has 112 valence electrons. The zero-order valence-electron chi connectivity index (χ0n) is 13.5. The summed E-state index contributed by atoms with van der Waals surface area (Å²) in [6, 6.07) is 15.8. The van der Waals surface area contributed by atoms with Crippen molar-refractivity contribution in [2.45, 2.75) is 38.9 Å². The Morgan fingerprint density at radius 1 is 0.810 bits per heavy atom. The molecule has 2 nitrogen and oxygen atoms in total. The van der Waals surface area contributed by atoms with Gasteiger partial charge in [0, 0.05) is 5.41 Å². The molecule has 0 aliphatic carbocycles. The molecular formula is C18H24O2Si. The normalized spacial score (nSPS) is 12.2. The van der Waals surface area contributed by atoms with Gasteiger partial charge in [-0.1, -0.05) is 38.1 Å². The van der Waals surface area contributed by atoms with Crippen molar-refractivity contribution in [2.24, 2.45) is 0 Å². The Morgan fingerprint density at radius 3 is 1.67 bits per heavy atom. The molecule has 0 heterocycles. The maximum absolute atomic E-state index is 9.42. The van der Waals surface area contributed by atoms with Crippen LogP contribution in [0, 0.1) is 0 Å². The van der Waals surface area contributed by atoms with Crippen LogP contribution >= 0.6 is 0 Å². The van der Waals surface area contributed by atoms with Gasteiger partial charge in [0.2, 0.25) is 8.32 Å². The van der Waals surface area contributed by atoms with E-state index in [0.717, 1.165) is 5.75 Å². The smallest absolute Gasteiger partial charge is 0.242 e. The first-order chi connectivity index (χ1) is 9.68. The Balaban J connectivity index is 2.26. The number of hydrogen-bond donors (Lipinski definition) is 1. The van der Waals surface area contributed by atoms with E-state index in [9.17, 15) is 5.11 Å². The highest BCUT2D eigenvalue weighted by Crippen LogP contribution is 2.33. The van der Waals surface area contributed by atoms with E-state index in [2.05, 4.69) is 57.8 Å². The second-order valence-corrected chi connectivity index (χ2v) is 11.3. The summed E-state index contributed by atoms with van der Waals surface area (Å²) in [6.45, 7) is 10.9. The molecule has 0 aliphatic rings. The van der Waals surface area contributed by atoms with Crippen molar-refractivity contribution in [3.8, 4) is 11.5 Å². The highest BCUT2D eigenvalue weighted by molar-refractivity contribution is 6.70. The van der Waals surface area contributed by atoms with E-state index in [1.165, 1.54) is 11.1 Å². The van der Waals surface area contributed by atoms with E-state index >= 15 is 0 Å². The van der Waals surface area contributed by atoms with Crippen molar-refractivity contribution >= 4 is 8.32 Å². The van der Waals surface area contributed by atoms with Gasteiger partial charge in [-0.2, -0.15) is 0 Å². The molecule has 0 bridgehead atoms. The molecule has 1 N–H and O–H groups in total. The molecule has 0 unspecified atom stereocenters. The average molecular weight is 300 g/mol. The van der Waals surface area contributed by atoms with Gasteiger partial charge in [0.1, 0.15) is 11.5 Å². The molecule has 0 amide bonds. The Morgan fingerprint density at radius 2 is 1.24 bits per heavy atom. The fourth-order valence-electron chi connectivity index (χ4n) is 2.34. The summed E-state index contributed by atoms with van der Waals surface area (Å²) >= 11 is 0. The standard InChI is InChI=1S/C18H24O2Si/c1-18(2,14-6-10-16(19)11-7-14)15-8-12-17(13-9-15)20-21(3,4)5/h6-13,19H,1-5H3. The van der Waals surface area contributed by atoms with Crippen LogP contribution in [0.4, 0.5) is 0 Å². The summed E-state index contributed by atoms with van der Waals surface area (Å²) in [5.74, 6) is 1.24. The van der Waals surface area contributed by atoms with Gasteiger partial charge in [-0.05, 0) is 55.0 Å². The van der Waals surface area contributed by atoms with Crippen molar-refractivity contribution in [3.05, 3.63) is 59.7 Å². The van der Waals surface area contributed by atoms with Crippen LogP contribution in [0.25, 0.3) is 0 Å². The lowest BCUT2D eigenvalue weighted by molar-refractivity contribution is 0.474. The predicted octanol–water partition coefficient (Wildman–Crippen LogP) is 4.93. The maximum atomic E-state index is 9.42. The Labute approximate surface area is 128 Å². The minimum Gasteiger partial charge on any atom is -0.544 e. The Bertz CT molecular complexity index is 593. The van der Waals surface area contributed by atoms with Crippen molar-refractivity contribution in [1.29, 1.82) is 0 Å². The minimum absolute atomic E-state index is 0.106. The third-order valence-electron chi connectivity index (χ3n) is 3.59. The number of rotatable bonds is 4. The SMILES string of the molecule is CC(C)(c1ccc(O)cc1)c1ccc(O[Si](C)(C)C)cc1. The first-order valence-electron chi connectivity index (χ1n) is 7.27. The van der Waals surface area contributed by atoms with Crippen LogP contribution < -0.4 is 4.43 Å². The molecule has 2 aromatic rings. The number of phenolic OH excluding ortho intramolecular Hbond substituents is 1. The molecule has 21 heavy (non-hydrogen) atoms. The Hall–Kier alpha value is -1.74. The highest BCUT2D eigenvalue weighted by atomic mass is 28.4. The minimum atomic E-state index is -1.56. The summed E-state index contributed by atoms with van der Waals surface area (Å²) in [6.07, 6.45) is 0. The van der Waals surface area contributed by atoms with E-state index in [4.69, 9.17) is 4.43 Å². The molecule has 0 radical (unpaired) electrons. The van der Waals surface area contributed by atoms with Crippen LogP contribution in [-0.2, 0) is 5.41 Å². The number of aromatic hydroxyl groups is 1. The summed E-state index contributed by atoms with van der Waals surface area (Å²) in [7, 11) is -1.56. The fourth-order valence-corrected chi connectivity index (χ4v) is 3.18. The van der Waals surface area contributed by atoms with Gasteiger partial charge in [0.25, 0.3) is 0 Å². The van der Waals surface area contributed by atoms with Crippen molar-refractivity contribution in [1.82, 2.24) is 0 Å². The number of benzene rings is 2. The van der Waals surface area contributed by atoms with Crippen LogP contribution in [0.3, 0.4) is 0 Å². The molecule has 0 fully saturated rings. The summed E-state index contributed by atoms with van der Waals surface area (Å²) in [5.41, 5.74) is 2.31. The van der Waals surface area contributed by atoms with Gasteiger partial charge in [-0.25, -0.2) is 0 Å². The predicted molar refractivity (Wildman–Crippen MR) is 90.7 cm³/mol. The van der Waals surface area contributed by atoms with Crippen LogP contribution in [0.15, 0.2) is 48.5 Å². The summed E-state index contributed by atoms with van der Waals surface area (Å²) in [4.78, 5) is 0. The molecule has 0 saturated carbocycles. The fraction of sp³-hybridized carbons (Fsp3) is 0.333. The van der Waals surface area contributed by atoms with Crippen LogP contribution in [-0.4, -0.2) is 13.4 Å². The third kappa shape index (κ3) is 3.88. The van der Waals surface area contributed by atoms with Crippen molar-refractivity contribution in [3.63, 3.8) is 0 Å². The molecule has 0 spiro atoms. The molecule has 2 aromatic carbocycles. The van der Waals surface area contributed by atoms with E-state index in [1.54, 1.807) is 12.1 Å². The van der Waals surface area contributed by atoms with E-state index in [-0.39, 0.29) is 5.41 Å². The second-order valence-electron chi connectivity index (χ2n) is 6.91. The molecule has 3 heteroatoms. The lowest BCUT2D eigenvalue weighted by Crippen LogP contribution is -2.29. The number of hydrogen-bond acceptors (Lipinski definition) is 2. The summed E-state index contributed by atoms with van der Waals surface area (Å²) < 4.78 is 6.00. The first kappa shape index (κ1) is 15.6. The largest absolute Gasteiger partial charge is 0.544 e. The molecule has 0 aromatic heterocycles. The monoisotopic (exact) mass is 300 g/mol. The maximum Gasteiger partial charge on any atom is 0.242 e. The van der Waals surface area contributed by atoms with Crippen molar-refractivity contribution in [2.75, 3.05) is 0 Å².